The van der Waals surface area contributed by atoms with Gasteiger partial charge in [-0.25, -0.2) is 0 Å². The zero-order valence-corrected chi connectivity index (χ0v) is 13.7. The van der Waals surface area contributed by atoms with Crippen LogP contribution >= 0.6 is 0 Å². The molecular formula is C17H21N3O3. The molecule has 2 aromatic rings. The van der Waals surface area contributed by atoms with Crippen molar-refractivity contribution in [1.82, 2.24) is 14.7 Å². The number of methoxy groups -OCH3 is 2. The lowest BCUT2D eigenvalue weighted by molar-refractivity contribution is 0.0787. The molecule has 1 aromatic heterocycles. The van der Waals surface area contributed by atoms with Crippen LogP contribution in [0.1, 0.15) is 28.3 Å². The van der Waals surface area contributed by atoms with Crippen LogP contribution in [-0.4, -0.2) is 47.9 Å². The Kier molecular flexibility index (Phi) is 4.23. The lowest BCUT2D eigenvalue weighted by Gasteiger charge is -2.16. The number of hydrogen-bond acceptors (Lipinski definition) is 4. The van der Waals surface area contributed by atoms with E-state index in [1.165, 1.54) is 12.7 Å². The fourth-order valence-electron chi connectivity index (χ4n) is 3.03. The second kappa shape index (κ2) is 6.32. The van der Waals surface area contributed by atoms with E-state index < -0.39 is 0 Å². The van der Waals surface area contributed by atoms with Crippen LogP contribution in [0.25, 0.3) is 0 Å². The molecule has 0 N–H and O–H groups in total. The van der Waals surface area contributed by atoms with Gasteiger partial charge in [0.25, 0.3) is 5.91 Å². The standard InChI is InChI=1S/C17H21N3O3/c1-19-11-15(16(18-19)23-3)17(21)20-9-8-13(10-20)12-4-6-14(22-2)7-5-12/h4-7,11,13H,8-10H2,1-3H3/t13-/m0/s1. The van der Waals surface area contributed by atoms with Crippen LogP contribution in [0.15, 0.2) is 30.5 Å². The Balaban J connectivity index is 1.72. The van der Waals surface area contributed by atoms with Crippen molar-refractivity contribution in [3.05, 3.63) is 41.6 Å². The van der Waals surface area contributed by atoms with Crippen molar-refractivity contribution in [2.45, 2.75) is 12.3 Å². The highest BCUT2D eigenvalue weighted by Crippen LogP contribution is 2.30. The van der Waals surface area contributed by atoms with Gasteiger partial charge in [0.2, 0.25) is 5.88 Å². The summed E-state index contributed by atoms with van der Waals surface area (Å²) in [5.74, 6) is 1.56. The van der Waals surface area contributed by atoms with Crippen LogP contribution in [-0.2, 0) is 7.05 Å². The average Bonchev–Trinajstić information content (AvgIpc) is 3.21. The molecule has 0 spiro atoms. The van der Waals surface area contributed by atoms with Crippen molar-refractivity contribution in [2.75, 3.05) is 27.3 Å². The lowest BCUT2D eigenvalue weighted by atomic mass is 9.98. The van der Waals surface area contributed by atoms with Crippen LogP contribution in [0.5, 0.6) is 11.6 Å². The first-order valence-electron chi connectivity index (χ1n) is 7.63. The second-order valence-electron chi connectivity index (χ2n) is 5.74. The van der Waals surface area contributed by atoms with Gasteiger partial charge in [-0.05, 0) is 24.1 Å². The third kappa shape index (κ3) is 3.02. The molecule has 1 aliphatic heterocycles. The molecule has 0 unspecified atom stereocenters. The number of aromatic nitrogens is 2. The molecule has 1 aliphatic rings. The van der Waals surface area contributed by atoms with Crippen molar-refractivity contribution in [3.63, 3.8) is 0 Å². The van der Waals surface area contributed by atoms with Gasteiger partial charge in [0.15, 0.2) is 0 Å². The molecule has 6 heteroatoms. The highest BCUT2D eigenvalue weighted by Gasteiger charge is 2.30. The van der Waals surface area contributed by atoms with E-state index in [1.54, 1.807) is 25.0 Å². The molecule has 1 fully saturated rings. The number of hydrogen-bond donors (Lipinski definition) is 0. The van der Waals surface area contributed by atoms with Gasteiger partial charge in [0, 0.05) is 32.3 Å². The van der Waals surface area contributed by atoms with Crippen molar-refractivity contribution in [1.29, 1.82) is 0 Å². The zero-order valence-electron chi connectivity index (χ0n) is 13.7. The molecule has 0 radical (unpaired) electrons. The first kappa shape index (κ1) is 15.4. The van der Waals surface area contributed by atoms with E-state index in [-0.39, 0.29) is 5.91 Å². The van der Waals surface area contributed by atoms with Crippen LogP contribution in [0.3, 0.4) is 0 Å². The molecule has 6 nitrogen and oxygen atoms in total. The molecule has 1 amide bonds. The summed E-state index contributed by atoms with van der Waals surface area (Å²) in [7, 11) is 4.97. The minimum atomic E-state index is -0.0223. The van der Waals surface area contributed by atoms with Crippen molar-refractivity contribution >= 4 is 5.91 Å². The Morgan fingerprint density at radius 2 is 1.96 bits per heavy atom. The Labute approximate surface area is 135 Å². The van der Waals surface area contributed by atoms with E-state index in [4.69, 9.17) is 9.47 Å². The van der Waals surface area contributed by atoms with Gasteiger partial charge in [0.05, 0.1) is 14.2 Å². The van der Waals surface area contributed by atoms with Gasteiger partial charge in [0.1, 0.15) is 11.3 Å². The van der Waals surface area contributed by atoms with Gasteiger partial charge in [-0.3, -0.25) is 9.48 Å². The Morgan fingerprint density at radius 1 is 1.22 bits per heavy atom. The van der Waals surface area contributed by atoms with Crippen LogP contribution in [0.4, 0.5) is 0 Å². The molecule has 23 heavy (non-hydrogen) atoms. The summed E-state index contributed by atoms with van der Waals surface area (Å²) in [6, 6.07) is 8.07. The number of likely N-dealkylation sites (tertiary alicyclic amines) is 1. The Bertz CT molecular complexity index is 694. The number of aryl methyl sites for hydroxylation is 1. The number of nitrogens with zero attached hydrogens (tertiary/aromatic N) is 3. The molecule has 3 rings (SSSR count). The number of carbonyl (C=O) groups is 1. The summed E-state index contributed by atoms with van der Waals surface area (Å²) in [5.41, 5.74) is 1.75. The molecular weight excluding hydrogens is 294 g/mol. The summed E-state index contributed by atoms with van der Waals surface area (Å²) >= 11 is 0. The summed E-state index contributed by atoms with van der Waals surface area (Å²) in [6.45, 7) is 1.46. The molecule has 1 saturated heterocycles. The van der Waals surface area contributed by atoms with E-state index in [1.807, 2.05) is 17.0 Å². The summed E-state index contributed by atoms with van der Waals surface area (Å²) in [4.78, 5) is 14.6. The summed E-state index contributed by atoms with van der Waals surface area (Å²) < 4.78 is 12.0. The third-order valence-corrected chi connectivity index (χ3v) is 4.28. The van der Waals surface area contributed by atoms with E-state index >= 15 is 0 Å². The van der Waals surface area contributed by atoms with E-state index in [2.05, 4.69) is 17.2 Å². The van der Waals surface area contributed by atoms with E-state index in [0.717, 1.165) is 18.7 Å². The lowest BCUT2D eigenvalue weighted by Crippen LogP contribution is -2.28. The van der Waals surface area contributed by atoms with Gasteiger partial charge >= 0.3 is 0 Å². The monoisotopic (exact) mass is 315 g/mol. The highest BCUT2D eigenvalue weighted by atomic mass is 16.5. The van der Waals surface area contributed by atoms with Gasteiger partial charge < -0.3 is 14.4 Å². The van der Waals surface area contributed by atoms with Gasteiger partial charge in [-0.2, -0.15) is 0 Å². The molecule has 0 saturated carbocycles. The number of amides is 1. The molecule has 2 heterocycles. The predicted molar refractivity (Wildman–Crippen MR) is 86.0 cm³/mol. The maximum atomic E-state index is 12.7. The fraction of sp³-hybridized carbons (Fsp3) is 0.412. The quantitative estimate of drug-likeness (QED) is 0.867. The van der Waals surface area contributed by atoms with Gasteiger partial charge in [-0.15, -0.1) is 5.10 Å². The third-order valence-electron chi connectivity index (χ3n) is 4.28. The zero-order chi connectivity index (χ0) is 16.4. The first-order chi connectivity index (χ1) is 11.1. The highest BCUT2D eigenvalue weighted by molar-refractivity contribution is 5.96. The Hall–Kier alpha value is -2.50. The van der Waals surface area contributed by atoms with Crippen molar-refractivity contribution < 1.29 is 14.3 Å². The van der Waals surface area contributed by atoms with Crippen LogP contribution < -0.4 is 9.47 Å². The van der Waals surface area contributed by atoms with Crippen molar-refractivity contribution in [2.24, 2.45) is 7.05 Å². The Morgan fingerprint density at radius 3 is 2.61 bits per heavy atom. The first-order valence-corrected chi connectivity index (χ1v) is 7.63. The second-order valence-corrected chi connectivity index (χ2v) is 5.74. The topological polar surface area (TPSA) is 56.6 Å². The average molecular weight is 315 g/mol. The van der Waals surface area contributed by atoms with Crippen LogP contribution in [0, 0.1) is 0 Å². The summed E-state index contributed by atoms with van der Waals surface area (Å²) in [5, 5.41) is 4.15. The van der Waals surface area contributed by atoms with Crippen molar-refractivity contribution in [3.8, 4) is 11.6 Å². The number of carbonyl (C=O) groups excluding carboxylic acids is 1. The van der Waals surface area contributed by atoms with Crippen LogP contribution in [0.2, 0.25) is 0 Å². The molecule has 1 aromatic carbocycles. The minimum absolute atomic E-state index is 0.0223. The fourth-order valence-corrected chi connectivity index (χ4v) is 3.03. The molecule has 122 valence electrons. The van der Waals surface area contributed by atoms with E-state index in [9.17, 15) is 4.79 Å². The molecule has 1 atom stereocenters. The minimum Gasteiger partial charge on any atom is -0.497 e. The SMILES string of the molecule is COc1ccc([C@H]2CCN(C(=O)c3cn(C)nc3OC)C2)cc1. The number of benzene rings is 1. The molecule has 0 bridgehead atoms. The predicted octanol–water partition coefficient (Wildman–Crippen LogP) is 2.07. The normalized spacial score (nSPS) is 17.3. The van der Waals surface area contributed by atoms with Gasteiger partial charge in [-0.1, -0.05) is 12.1 Å². The maximum Gasteiger partial charge on any atom is 0.260 e. The maximum absolute atomic E-state index is 12.7. The van der Waals surface area contributed by atoms with E-state index in [0.29, 0.717) is 23.9 Å². The smallest absolute Gasteiger partial charge is 0.260 e. The number of ether oxygens (including phenoxy) is 2. The number of rotatable bonds is 4. The summed E-state index contributed by atoms with van der Waals surface area (Å²) in [6.07, 6.45) is 2.67. The largest absolute Gasteiger partial charge is 0.497 e. The molecule has 0 aliphatic carbocycles.